The van der Waals surface area contributed by atoms with Gasteiger partial charge < -0.3 is 15.4 Å². The molecule has 2 fully saturated rings. The SMILES string of the molecule is Nc1ccc(N2CC[C@H]3COC[C@@H]3C2)nc1. The van der Waals surface area contributed by atoms with Crippen LogP contribution in [0, 0.1) is 11.8 Å². The minimum atomic E-state index is 0.688. The zero-order chi connectivity index (χ0) is 11.0. The molecule has 4 heteroatoms. The van der Waals surface area contributed by atoms with Crippen molar-refractivity contribution < 1.29 is 4.74 Å². The minimum absolute atomic E-state index is 0.688. The van der Waals surface area contributed by atoms with Gasteiger partial charge in [-0.25, -0.2) is 4.98 Å². The second-order valence-corrected chi connectivity index (χ2v) is 4.74. The molecule has 1 aromatic rings. The summed E-state index contributed by atoms with van der Waals surface area (Å²) in [5.74, 6) is 2.50. The van der Waals surface area contributed by atoms with Crippen LogP contribution in [0.25, 0.3) is 0 Å². The van der Waals surface area contributed by atoms with E-state index in [1.54, 1.807) is 6.20 Å². The summed E-state index contributed by atoms with van der Waals surface area (Å²) in [5.41, 5.74) is 6.37. The van der Waals surface area contributed by atoms with Gasteiger partial charge >= 0.3 is 0 Å². The van der Waals surface area contributed by atoms with Crippen molar-refractivity contribution in [3.05, 3.63) is 18.3 Å². The van der Waals surface area contributed by atoms with Crippen molar-refractivity contribution in [1.82, 2.24) is 4.98 Å². The number of anilines is 2. The quantitative estimate of drug-likeness (QED) is 0.769. The Labute approximate surface area is 95.4 Å². The summed E-state index contributed by atoms with van der Waals surface area (Å²) in [7, 11) is 0. The smallest absolute Gasteiger partial charge is 0.128 e. The summed E-state index contributed by atoms with van der Waals surface area (Å²) in [6, 6.07) is 3.92. The van der Waals surface area contributed by atoms with E-state index >= 15 is 0 Å². The van der Waals surface area contributed by atoms with E-state index in [1.807, 2.05) is 12.1 Å². The Morgan fingerprint density at radius 1 is 1.31 bits per heavy atom. The van der Waals surface area contributed by atoms with Crippen LogP contribution in [0.5, 0.6) is 0 Å². The summed E-state index contributed by atoms with van der Waals surface area (Å²) in [5, 5.41) is 0. The van der Waals surface area contributed by atoms with E-state index in [0.29, 0.717) is 5.92 Å². The van der Waals surface area contributed by atoms with Crippen LogP contribution >= 0.6 is 0 Å². The molecule has 0 amide bonds. The third kappa shape index (κ3) is 1.73. The lowest BCUT2D eigenvalue weighted by Gasteiger charge is -2.34. The lowest BCUT2D eigenvalue weighted by atomic mass is 9.89. The second kappa shape index (κ2) is 3.94. The van der Waals surface area contributed by atoms with Gasteiger partial charge in [0.1, 0.15) is 5.82 Å². The van der Waals surface area contributed by atoms with E-state index < -0.39 is 0 Å². The number of piperidine rings is 1. The molecule has 1 aromatic heterocycles. The number of hydrogen-bond acceptors (Lipinski definition) is 4. The molecule has 0 unspecified atom stereocenters. The molecule has 2 aliphatic rings. The Balaban J connectivity index is 1.74. The molecular formula is C12H17N3O. The highest BCUT2D eigenvalue weighted by molar-refractivity contribution is 5.46. The number of pyridine rings is 1. The van der Waals surface area contributed by atoms with Gasteiger partial charge in [0, 0.05) is 25.6 Å². The van der Waals surface area contributed by atoms with Gasteiger partial charge in [-0.2, -0.15) is 0 Å². The first-order valence-corrected chi connectivity index (χ1v) is 5.87. The summed E-state index contributed by atoms with van der Waals surface area (Å²) in [6.45, 7) is 4.02. The van der Waals surface area contributed by atoms with Crippen LogP contribution in [0.1, 0.15) is 6.42 Å². The standard InChI is InChI=1S/C12H17N3O/c13-11-1-2-12(14-5-11)15-4-3-9-7-16-8-10(9)6-15/h1-2,5,9-10H,3-4,6-8,13H2/t9-,10-/m0/s1. The first-order valence-electron chi connectivity index (χ1n) is 5.87. The van der Waals surface area contributed by atoms with Gasteiger partial charge in [-0.3, -0.25) is 0 Å². The molecule has 0 spiro atoms. The molecule has 0 radical (unpaired) electrons. The number of aromatic nitrogens is 1. The fourth-order valence-corrected chi connectivity index (χ4v) is 2.65. The summed E-state index contributed by atoms with van der Waals surface area (Å²) >= 11 is 0. The Morgan fingerprint density at radius 3 is 3.00 bits per heavy atom. The van der Waals surface area contributed by atoms with Gasteiger partial charge in [0.05, 0.1) is 18.5 Å². The van der Waals surface area contributed by atoms with Crippen molar-refractivity contribution in [1.29, 1.82) is 0 Å². The lowest BCUT2D eigenvalue weighted by molar-refractivity contribution is 0.182. The highest BCUT2D eigenvalue weighted by Gasteiger charge is 2.34. The van der Waals surface area contributed by atoms with Gasteiger partial charge in [0.25, 0.3) is 0 Å². The van der Waals surface area contributed by atoms with Crippen LogP contribution in [0.4, 0.5) is 11.5 Å². The highest BCUT2D eigenvalue weighted by atomic mass is 16.5. The molecule has 3 rings (SSSR count). The van der Waals surface area contributed by atoms with E-state index in [1.165, 1.54) is 6.42 Å². The number of hydrogen-bond donors (Lipinski definition) is 1. The van der Waals surface area contributed by atoms with E-state index in [-0.39, 0.29) is 0 Å². The van der Waals surface area contributed by atoms with Crippen molar-refractivity contribution in [2.45, 2.75) is 6.42 Å². The molecule has 2 saturated heterocycles. The number of rotatable bonds is 1. The molecule has 0 bridgehead atoms. The van der Waals surface area contributed by atoms with Gasteiger partial charge in [-0.15, -0.1) is 0 Å². The van der Waals surface area contributed by atoms with Gasteiger partial charge in [0.15, 0.2) is 0 Å². The van der Waals surface area contributed by atoms with E-state index in [0.717, 1.165) is 43.7 Å². The van der Waals surface area contributed by atoms with Crippen LogP contribution in [0.15, 0.2) is 18.3 Å². The summed E-state index contributed by atoms with van der Waals surface area (Å²) in [4.78, 5) is 6.72. The van der Waals surface area contributed by atoms with Crippen molar-refractivity contribution in [3.63, 3.8) is 0 Å². The van der Waals surface area contributed by atoms with Crippen molar-refractivity contribution in [2.75, 3.05) is 36.9 Å². The van der Waals surface area contributed by atoms with Gasteiger partial charge in [0.2, 0.25) is 0 Å². The minimum Gasteiger partial charge on any atom is -0.397 e. The molecular weight excluding hydrogens is 202 g/mol. The van der Waals surface area contributed by atoms with Crippen LogP contribution in [-0.2, 0) is 4.74 Å². The molecule has 0 aromatic carbocycles. The topological polar surface area (TPSA) is 51.4 Å². The van der Waals surface area contributed by atoms with E-state index in [2.05, 4.69) is 9.88 Å². The molecule has 2 aliphatic heterocycles. The maximum Gasteiger partial charge on any atom is 0.128 e. The van der Waals surface area contributed by atoms with Crippen molar-refractivity contribution in [3.8, 4) is 0 Å². The van der Waals surface area contributed by atoms with Crippen molar-refractivity contribution >= 4 is 11.5 Å². The van der Waals surface area contributed by atoms with Gasteiger partial charge in [-0.05, 0) is 24.5 Å². The molecule has 2 N–H and O–H groups in total. The molecule has 4 nitrogen and oxygen atoms in total. The predicted octanol–water partition coefficient (Wildman–Crippen LogP) is 1.14. The van der Waals surface area contributed by atoms with Crippen LogP contribution < -0.4 is 10.6 Å². The maximum atomic E-state index is 5.64. The number of nitrogens with zero attached hydrogens (tertiary/aromatic N) is 2. The maximum absolute atomic E-state index is 5.64. The monoisotopic (exact) mass is 219 g/mol. The van der Waals surface area contributed by atoms with Crippen LogP contribution in [0.3, 0.4) is 0 Å². The predicted molar refractivity (Wildman–Crippen MR) is 63.3 cm³/mol. The fraction of sp³-hybridized carbons (Fsp3) is 0.583. The molecule has 3 heterocycles. The Morgan fingerprint density at radius 2 is 2.19 bits per heavy atom. The second-order valence-electron chi connectivity index (χ2n) is 4.74. The number of ether oxygens (including phenoxy) is 1. The largest absolute Gasteiger partial charge is 0.397 e. The summed E-state index contributed by atoms with van der Waals surface area (Å²) < 4.78 is 5.53. The third-order valence-electron chi connectivity index (χ3n) is 3.65. The molecule has 86 valence electrons. The lowest BCUT2D eigenvalue weighted by Crippen LogP contribution is -2.40. The zero-order valence-electron chi connectivity index (χ0n) is 9.30. The van der Waals surface area contributed by atoms with E-state index in [4.69, 9.17) is 10.5 Å². The van der Waals surface area contributed by atoms with Gasteiger partial charge in [-0.1, -0.05) is 0 Å². The Bertz CT molecular complexity index is 365. The normalized spacial score (nSPS) is 29.1. The highest BCUT2D eigenvalue weighted by Crippen LogP contribution is 2.31. The van der Waals surface area contributed by atoms with Crippen LogP contribution in [0.2, 0.25) is 0 Å². The fourth-order valence-electron chi connectivity index (χ4n) is 2.65. The first kappa shape index (κ1) is 9.90. The Hall–Kier alpha value is -1.29. The number of nitrogen functional groups attached to an aromatic ring is 1. The average molecular weight is 219 g/mol. The first-order chi connectivity index (χ1) is 7.83. The Kier molecular flexibility index (Phi) is 2.44. The average Bonchev–Trinajstić information content (AvgIpc) is 2.77. The molecule has 0 aliphatic carbocycles. The summed E-state index contributed by atoms with van der Waals surface area (Å²) in [6.07, 6.45) is 2.95. The molecule has 0 saturated carbocycles. The number of nitrogens with two attached hydrogens (primary N) is 1. The van der Waals surface area contributed by atoms with E-state index in [9.17, 15) is 0 Å². The molecule has 16 heavy (non-hydrogen) atoms. The molecule has 2 atom stereocenters. The third-order valence-corrected chi connectivity index (χ3v) is 3.65. The zero-order valence-corrected chi connectivity index (χ0v) is 9.30. The van der Waals surface area contributed by atoms with Crippen LogP contribution in [-0.4, -0.2) is 31.3 Å². The number of fused-ring (bicyclic) bond motifs is 1. The van der Waals surface area contributed by atoms with Crippen molar-refractivity contribution in [2.24, 2.45) is 11.8 Å².